The van der Waals surface area contributed by atoms with E-state index < -0.39 is 0 Å². The van der Waals surface area contributed by atoms with E-state index in [-0.39, 0.29) is 22.0 Å². The quantitative estimate of drug-likeness (QED) is 0.437. The molecule has 3 N–H and O–H groups in total. The molecule has 3 amide bonds. The van der Waals surface area contributed by atoms with Crippen molar-refractivity contribution in [3.63, 3.8) is 0 Å². The van der Waals surface area contributed by atoms with Gasteiger partial charge in [-0.1, -0.05) is 27.2 Å². The Morgan fingerprint density at radius 1 is 0.833 bits per heavy atom. The first-order valence-electron chi connectivity index (χ1n) is 8.98. The topological polar surface area (TPSA) is 87.3 Å². The van der Waals surface area contributed by atoms with Crippen molar-refractivity contribution >= 4 is 29.5 Å². The van der Waals surface area contributed by atoms with Crippen LogP contribution >= 0.6 is 11.8 Å². The predicted octanol–water partition coefficient (Wildman–Crippen LogP) is 2.82. The minimum atomic E-state index is -0.0679. The van der Waals surface area contributed by atoms with Crippen LogP contribution in [0.4, 0.5) is 0 Å². The Labute approximate surface area is 155 Å². The van der Waals surface area contributed by atoms with Gasteiger partial charge >= 0.3 is 0 Å². The number of carbonyl (C=O) groups excluding carboxylic acids is 3. The van der Waals surface area contributed by atoms with Crippen LogP contribution in [-0.2, 0) is 14.4 Å². The van der Waals surface area contributed by atoms with Gasteiger partial charge in [0.05, 0.1) is 5.75 Å². The molecule has 0 radical (unpaired) electrons. The van der Waals surface area contributed by atoms with Crippen LogP contribution in [0.25, 0.3) is 0 Å². The summed E-state index contributed by atoms with van der Waals surface area (Å²) in [6, 6.07) is 0. The van der Waals surface area contributed by atoms with Gasteiger partial charge in [0.15, 0.2) is 0 Å². The molecular formula is C17H41N3O3S. The Kier molecular flexibility index (Phi) is 20.6. The molecular weight excluding hydrogens is 326 g/mol. The van der Waals surface area contributed by atoms with Crippen molar-refractivity contribution in [1.82, 2.24) is 16.0 Å². The van der Waals surface area contributed by atoms with E-state index in [2.05, 4.69) is 22.9 Å². The minimum Gasteiger partial charge on any atom is -0.356 e. The maximum Gasteiger partial charge on any atom is 0.230 e. The Morgan fingerprint density at radius 3 is 2.08 bits per heavy atom. The molecule has 0 aromatic rings. The smallest absolute Gasteiger partial charge is 0.230 e. The van der Waals surface area contributed by atoms with Crippen LogP contribution in [0.15, 0.2) is 0 Å². The summed E-state index contributed by atoms with van der Waals surface area (Å²) in [4.78, 5) is 34.1. The van der Waals surface area contributed by atoms with Gasteiger partial charge in [-0.2, -0.15) is 11.8 Å². The van der Waals surface area contributed by atoms with E-state index in [4.69, 9.17) is 0 Å². The monoisotopic (exact) mass is 367 g/mol. The fourth-order valence-corrected chi connectivity index (χ4v) is 2.42. The van der Waals surface area contributed by atoms with Crippen LogP contribution in [0.5, 0.6) is 0 Å². The molecule has 6 nitrogen and oxygen atoms in total. The van der Waals surface area contributed by atoms with Crippen molar-refractivity contribution in [2.75, 3.05) is 31.1 Å². The number of nitrogens with one attached hydrogen (secondary N) is 3. The molecule has 0 heterocycles. The van der Waals surface area contributed by atoms with Crippen LogP contribution in [0.2, 0.25) is 0 Å². The summed E-state index contributed by atoms with van der Waals surface area (Å²) in [5.74, 6) is 1.12. The molecule has 0 saturated carbocycles. The second-order valence-corrected chi connectivity index (χ2v) is 6.02. The molecule has 0 saturated heterocycles. The third kappa shape index (κ3) is 18.8. The Hall–Kier alpha value is -1.24. The molecule has 0 aliphatic heterocycles. The second-order valence-electron chi connectivity index (χ2n) is 4.91. The normalized spacial score (nSPS) is 9.50. The fourth-order valence-electron chi connectivity index (χ4n) is 1.64. The summed E-state index contributed by atoms with van der Waals surface area (Å²) >= 11 is 1.51. The molecule has 0 aromatic carbocycles. The maximum absolute atomic E-state index is 11.5. The highest BCUT2D eigenvalue weighted by Crippen LogP contribution is 2.04. The van der Waals surface area contributed by atoms with Crippen LogP contribution in [0.1, 0.15) is 64.1 Å². The predicted molar refractivity (Wildman–Crippen MR) is 108 cm³/mol. The van der Waals surface area contributed by atoms with Gasteiger partial charge in [0.25, 0.3) is 0 Å². The van der Waals surface area contributed by atoms with Crippen molar-refractivity contribution in [1.29, 1.82) is 0 Å². The van der Waals surface area contributed by atoms with Gasteiger partial charge in [0, 0.05) is 36.8 Å². The molecule has 0 bridgehead atoms. The molecule has 0 rings (SSSR count). The van der Waals surface area contributed by atoms with Crippen molar-refractivity contribution in [2.45, 2.75) is 59.8 Å². The first-order valence-corrected chi connectivity index (χ1v) is 10.1. The number of hydrogen-bond acceptors (Lipinski definition) is 4. The zero-order chi connectivity index (χ0) is 18.6. The SMILES string of the molecule is CC.CCCCNC(=O)CCCSCC(=O)NCCC(=O)NCC.[HH].[HH].[HH]. The standard InChI is InChI=1S/C15H29N3O3S.C2H6.3H2/c1-3-5-9-17-13(19)7-6-11-22-12-15(21)18-10-8-14(20)16-4-2;1-2;;;/h3-12H2,1-2H3,(H,16,20)(H,17,19)(H,18,21);1-2H3;3*1H. The molecule has 0 aliphatic rings. The molecule has 0 spiro atoms. The molecule has 7 heteroatoms. The van der Waals surface area contributed by atoms with E-state index in [1.807, 2.05) is 20.8 Å². The fraction of sp³-hybridized carbons (Fsp3) is 0.824. The zero-order valence-corrected chi connectivity index (χ0v) is 16.5. The summed E-state index contributed by atoms with van der Waals surface area (Å²) in [6.07, 6.45) is 3.68. The van der Waals surface area contributed by atoms with Gasteiger partial charge in [0.1, 0.15) is 0 Å². The highest BCUT2D eigenvalue weighted by Gasteiger charge is 2.04. The zero-order valence-electron chi connectivity index (χ0n) is 15.7. The van der Waals surface area contributed by atoms with Crippen molar-refractivity contribution < 1.29 is 18.7 Å². The van der Waals surface area contributed by atoms with E-state index in [0.29, 0.717) is 31.7 Å². The van der Waals surface area contributed by atoms with Gasteiger partial charge in [-0.05, 0) is 25.5 Å². The summed E-state index contributed by atoms with van der Waals surface area (Å²) in [7, 11) is 0. The van der Waals surface area contributed by atoms with Gasteiger partial charge in [-0.25, -0.2) is 0 Å². The van der Waals surface area contributed by atoms with Crippen LogP contribution in [0.3, 0.4) is 0 Å². The van der Waals surface area contributed by atoms with Crippen molar-refractivity contribution in [3.8, 4) is 0 Å². The van der Waals surface area contributed by atoms with Gasteiger partial charge < -0.3 is 16.0 Å². The highest BCUT2D eigenvalue weighted by molar-refractivity contribution is 7.99. The number of rotatable bonds is 13. The average molecular weight is 368 g/mol. The number of amides is 3. The number of thioether (sulfide) groups is 1. The molecule has 0 fully saturated rings. The first-order chi connectivity index (χ1) is 11.6. The van der Waals surface area contributed by atoms with Crippen molar-refractivity contribution in [3.05, 3.63) is 0 Å². The maximum atomic E-state index is 11.5. The van der Waals surface area contributed by atoms with Gasteiger partial charge in [0.2, 0.25) is 17.7 Å². The largest absolute Gasteiger partial charge is 0.356 e. The highest BCUT2D eigenvalue weighted by atomic mass is 32.2. The third-order valence-electron chi connectivity index (χ3n) is 2.83. The van der Waals surface area contributed by atoms with E-state index in [1.165, 1.54) is 11.8 Å². The molecule has 148 valence electrons. The van der Waals surface area contributed by atoms with Crippen molar-refractivity contribution in [2.24, 2.45) is 0 Å². The minimum absolute atomic E-state index is 0. The summed E-state index contributed by atoms with van der Waals surface area (Å²) in [5.41, 5.74) is 0. The van der Waals surface area contributed by atoms with E-state index in [1.54, 1.807) is 0 Å². The van der Waals surface area contributed by atoms with Crippen LogP contribution < -0.4 is 16.0 Å². The number of carbonyl (C=O) groups is 3. The Morgan fingerprint density at radius 2 is 1.46 bits per heavy atom. The van der Waals surface area contributed by atoms with E-state index in [9.17, 15) is 14.4 Å². The van der Waals surface area contributed by atoms with Gasteiger partial charge in [-0.15, -0.1) is 0 Å². The first kappa shape index (κ1) is 25.0. The average Bonchev–Trinajstić information content (AvgIpc) is 2.57. The molecule has 24 heavy (non-hydrogen) atoms. The summed E-state index contributed by atoms with van der Waals surface area (Å²) in [6.45, 7) is 9.66. The van der Waals surface area contributed by atoms with Gasteiger partial charge in [-0.3, -0.25) is 14.4 Å². The molecule has 0 aromatic heterocycles. The molecule has 0 atom stereocenters. The lowest BCUT2D eigenvalue weighted by Gasteiger charge is -2.06. The second kappa shape index (κ2) is 19.8. The Bertz CT molecular complexity index is 353. The lowest BCUT2D eigenvalue weighted by atomic mass is 10.3. The lowest BCUT2D eigenvalue weighted by molar-refractivity contribution is -0.122. The summed E-state index contributed by atoms with van der Waals surface area (Å²) in [5, 5.41) is 8.25. The van der Waals surface area contributed by atoms with E-state index in [0.717, 1.165) is 31.6 Å². The molecule has 0 aliphatic carbocycles. The number of unbranched alkanes of at least 4 members (excludes halogenated alkanes) is 1. The van der Waals surface area contributed by atoms with Crippen LogP contribution in [0, 0.1) is 0 Å². The third-order valence-corrected chi connectivity index (χ3v) is 3.87. The molecule has 0 unspecified atom stereocenters. The Balaban J connectivity index is -0.000000311. The lowest BCUT2D eigenvalue weighted by Crippen LogP contribution is -2.31. The number of hydrogen-bond donors (Lipinski definition) is 3. The van der Waals surface area contributed by atoms with Crippen LogP contribution in [-0.4, -0.2) is 48.9 Å². The summed E-state index contributed by atoms with van der Waals surface area (Å²) < 4.78 is 0. The van der Waals surface area contributed by atoms with E-state index >= 15 is 0 Å².